The molecule has 0 aromatic heterocycles. The highest BCUT2D eigenvalue weighted by Crippen LogP contribution is 2.30. The van der Waals surface area contributed by atoms with Gasteiger partial charge in [0.2, 0.25) is 0 Å². The van der Waals surface area contributed by atoms with E-state index in [1.807, 2.05) is 0 Å². The van der Waals surface area contributed by atoms with E-state index in [1.165, 1.54) is 22.3 Å². The Balaban J connectivity index is 1.62. The van der Waals surface area contributed by atoms with Crippen LogP contribution in [-0.4, -0.2) is 13.2 Å². The normalized spacial score (nSPS) is 22.2. The lowest BCUT2D eigenvalue weighted by atomic mass is 10.0. The van der Waals surface area contributed by atoms with E-state index in [2.05, 4.69) is 62.4 Å². The molecule has 2 atom stereocenters. The van der Waals surface area contributed by atoms with Crippen LogP contribution in [0.5, 0.6) is 0 Å². The average Bonchev–Trinajstić information content (AvgIpc) is 2.56. The summed E-state index contributed by atoms with van der Waals surface area (Å²) in [5.74, 6) is 0. The SMILES string of the molecule is CCc1ccc([C@@H]2CO[C@@H](c3ccc(C)cc3)CO2)cc1. The molecule has 0 unspecified atom stereocenters. The van der Waals surface area contributed by atoms with Crippen molar-refractivity contribution in [3.63, 3.8) is 0 Å². The van der Waals surface area contributed by atoms with Gasteiger partial charge in [0, 0.05) is 0 Å². The number of hydrogen-bond donors (Lipinski definition) is 0. The van der Waals surface area contributed by atoms with Gasteiger partial charge in [-0.25, -0.2) is 0 Å². The van der Waals surface area contributed by atoms with Crippen molar-refractivity contribution in [3.05, 3.63) is 70.8 Å². The van der Waals surface area contributed by atoms with E-state index >= 15 is 0 Å². The molecule has 0 amide bonds. The van der Waals surface area contributed by atoms with Crippen molar-refractivity contribution in [2.45, 2.75) is 32.5 Å². The molecule has 0 spiro atoms. The molecule has 1 aliphatic heterocycles. The first kappa shape index (κ1) is 14.3. The molecule has 0 saturated carbocycles. The van der Waals surface area contributed by atoms with Crippen molar-refractivity contribution in [2.24, 2.45) is 0 Å². The highest BCUT2D eigenvalue weighted by molar-refractivity contribution is 5.26. The largest absolute Gasteiger partial charge is 0.368 e. The van der Waals surface area contributed by atoms with Gasteiger partial charge in [-0.2, -0.15) is 0 Å². The van der Waals surface area contributed by atoms with Crippen LogP contribution in [0.3, 0.4) is 0 Å². The van der Waals surface area contributed by atoms with E-state index in [4.69, 9.17) is 9.47 Å². The third-order valence-electron chi connectivity index (χ3n) is 4.11. The Bertz CT molecular complexity index is 564. The van der Waals surface area contributed by atoms with Gasteiger partial charge in [-0.1, -0.05) is 61.0 Å². The van der Waals surface area contributed by atoms with E-state index in [9.17, 15) is 0 Å². The molecule has 0 N–H and O–H groups in total. The third-order valence-corrected chi connectivity index (χ3v) is 4.11. The van der Waals surface area contributed by atoms with Gasteiger partial charge >= 0.3 is 0 Å². The first-order valence-corrected chi connectivity index (χ1v) is 7.65. The minimum Gasteiger partial charge on any atom is -0.368 e. The minimum absolute atomic E-state index is 0.0526. The predicted octanol–water partition coefficient (Wildman–Crippen LogP) is 4.39. The van der Waals surface area contributed by atoms with Crippen LogP contribution in [0.25, 0.3) is 0 Å². The molecule has 1 saturated heterocycles. The second kappa shape index (κ2) is 6.42. The average molecular weight is 282 g/mol. The third kappa shape index (κ3) is 3.34. The van der Waals surface area contributed by atoms with Crippen molar-refractivity contribution < 1.29 is 9.47 Å². The Morgan fingerprint density at radius 3 is 1.71 bits per heavy atom. The number of hydrogen-bond acceptors (Lipinski definition) is 2. The molecule has 2 aromatic carbocycles. The first-order chi connectivity index (χ1) is 10.3. The van der Waals surface area contributed by atoms with Crippen molar-refractivity contribution in [1.29, 1.82) is 0 Å². The summed E-state index contributed by atoms with van der Waals surface area (Å²) in [7, 11) is 0. The van der Waals surface area contributed by atoms with Gasteiger partial charge in [0.25, 0.3) is 0 Å². The first-order valence-electron chi connectivity index (χ1n) is 7.65. The van der Waals surface area contributed by atoms with Gasteiger partial charge in [0.05, 0.1) is 13.2 Å². The van der Waals surface area contributed by atoms with Crippen molar-refractivity contribution in [2.75, 3.05) is 13.2 Å². The molecule has 1 fully saturated rings. The molecule has 1 heterocycles. The van der Waals surface area contributed by atoms with Crippen molar-refractivity contribution >= 4 is 0 Å². The maximum Gasteiger partial charge on any atom is 0.106 e. The van der Waals surface area contributed by atoms with Crippen LogP contribution >= 0.6 is 0 Å². The maximum atomic E-state index is 6.01. The summed E-state index contributed by atoms with van der Waals surface area (Å²) in [5.41, 5.74) is 5.02. The zero-order chi connectivity index (χ0) is 14.7. The summed E-state index contributed by atoms with van der Waals surface area (Å²) >= 11 is 0. The Hall–Kier alpha value is -1.64. The molecular formula is C19H22O2. The smallest absolute Gasteiger partial charge is 0.106 e. The molecule has 0 bridgehead atoms. The second-order valence-corrected chi connectivity index (χ2v) is 5.65. The van der Waals surface area contributed by atoms with Crippen LogP contribution in [0.15, 0.2) is 48.5 Å². The maximum absolute atomic E-state index is 6.01. The lowest BCUT2D eigenvalue weighted by Crippen LogP contribution is -2.25. The van der Waals surface area contributed by atoms with Gasteiger partial charge in [-0.05, 0) is 30.0 Å². The number of ether oxygens (including phenoxy) is 2. The fraction of sp³-hybridized carbons (Fsp3) is 0.368. The predicted molar refractivity (Wildman–Crippen MR) is 84.4 cm³/mol. The molecule has 110 valence electrons. The molecule has 1 aliphatic rings. The van der Waals surface area contributed by atoms with Gasteiger partial charge < -0.3 is 9.47 Å². The Kier molecular flexibility index (Phi) is 4.37. The Labute approximate surface area is 126 Å². The highest BCUT2D eigenvalue weighted by atomic mass is 16.6. The molecule has 21 heavy (non-hydrogen) atoms. The van der Waals surface area contributed by atoms with Crippen molar-refractivity contribution in [3.8, 4) is 0 Å². The molecule has 2 nitrogen and oxygen atoms in total. The van der Waals surface area contributed by atoms with Gasteiger partial charge in [0.1, 0.15) is 12.2 Å². The summed E-state index contributed by atoms with van der Waals surface area (Å²) in [6, 6.07) is 17.1. The van der Waals surface area contributed by atoms with Crippen LogP contribution in [-0.2, 0) is 15.9 Å². The van der Waals surface area contributed by atoms with Gasteiger partial charge in [-0.3, -0.25) is 0 Å². The van der Waals surface area contributed by atoms with E-state index in [1.54, 1.807) is 0 Å². The van der Waals surface area contributed by atoms with Gasteiger partial charge in [-0.15, -0.1) is 0 Å². The minimum atomic E-state index is 0.0526. The standard InChI is InChI=1S/C19H22O2/c1-3-15-6-10-17(11-7-15)19-13-20-18(12-21-19)16-8-4-14(2)5-9-16/h4-11,18-19H,3,12-13H2,1-2H3/t18-,19+/m1/s1. The molecule has 0 aliphatic carbocycles. The summed E-state index contributed by atoms with van der Waals surface area (Å²) in [4.78, 5) is 0. The van der Waals surface area contributed by atoms with Crippen LogP contribution in [0.4, 0.5) is 0 Å². The zero-order valence-corrected chi connectivity index (χ0v) is 12.7. The number of benzene rings is 2. The lowest BCUT2D eigenvalue weighted by Gasteiger charge is -2.30. The fourth-order valence-electron chi connectivity index (χ4n) is 2.64. The number of rotatable bonds is 3. The van der Waals surface area contributed by atoms with E-state index < -0.39 is 0 Å². The molecule has 2 heteroatoms. The van der Waals surface area contributed by atoms with Crippen molar-refractivity contribution in [1.82, 2.24) is 0 Å². The summed E-state index contributed by atoms with van der Waals surface area (Å²) in [5, 5.41) is 0. The van der Waals surface area contributed by atoms with Crippen LogP contribution in [0.1, 0.15) is 41.4 Å². The highest BCUT2D eigenvalue weighted by Gasteiger charge is 2.24. The van der Waals surface area contributed by atoms with Crippen LogP contribution < -0.4 is 0 Å². The summed E-state index contributed by atoms with van der Waals surface area (Å²) in [6.07, 6.45) is 1.17. The fourth-order valence-corrected chi connectivity index (χ4v) is 2.64. The molecule has 0 radical (unpaired) electrons. The second-order valence-electron chi connectivity index (χ2n) is 5.65. The monoisotopic (exact) mass is 282 g/mol. The quantitative estimate of drug-likeness (QED) is 0.831. The zero-order valence-electron chi connectivity index (χ0n) is 12.7. The van der Waals surface area contributed by atoms with Crippen LogP contribution in [0.2, 0.25) is 0 Å². The van der Waals surface area contributed by atoms with E-state index in [0.717, 1.165) is 6.42 Å². The van der Waals surface area contributed by atoms with E-state index in [-0.39, 0.29) is 12.2 Å². The Morgan fingerprint density at radius 1 is 0.810 bits per heavy atom. The summed E-state index contributed by atoms with van der Waals surface area (Å²) in [6.45, 7) is 5.49. The Morgan fingerprint density at radius 2 is 1.29 bits per heavy atom. The molecule has 3 rings (SSSR count). The summed E-state index contributed by atoms with van der Waals surface area (Å²) < 4.78 is 12.0. The van der Waals surface area contributed by atoms with Gasteiger partial charge in [0.15, 0.2) is 0 Å². The molecular weight excluding hydrogens is 260 g/mol. The van der Waals surface area contributed by atoms with E-state index in [0.29, 0.717) is 13.2 Å². The molecule has 2 aromatic rings. The lowest BCUT2D eigenvalue weighted by molar-refractivity contribution is -0.137. The number of aryl methyl sites for hydroxylation is 2. The van der Waals surface area contributed by atoms with Crippen LogP contribution in [0, 0.1) is 6.92 Å². The topological polar surface area (TPSA) is 18.5 Å².